The van der Waals surface area contributed by atoms with Crippen molar-refractivity contribution in [3.63, 3.8) is 0 Å². The third kappa shape index (κ3) is 3.29. The molecule has 0 aliphatic heterocycles. The summed E-state index contributed by atoms with van der Waals surface area (Å²) < 4.78 is 13.1. The monoisotopic (exact) mass is 210 g/mol. The van der Waals surface area contributed by atoms with Crippen LogP contribution in [-0.2, 0) is 0 Å². The standard InChI is InChI=1S/C12H19FN2/c1-9-7-10(5-6-11(9)13)12(14-2)8-15(3)4/h5-7,12,14H,8H2,1-4H3. The van der Waals surface area contributed by atoms with Gasteiger partial charge in [0.1, 0.15) is 5.82 Å². The lowest BCUT2D eigenvalue weighted by atomic mass is 10.0. The van der Waals surface area contributed by atoms with E-state index in [-0.39, 0.29) is 11.9 Å². The summed E-state index contributed by atoms with van der Waals surface area (Å²) in [6, 6.07) is 5.52. The highest BCUT2D eigenvalue weighted by atomic mass is 19.1. The summed E-state index contributed by atoms with van der Waals surface area (Å²) in [7, 11) is 5.98. The Morgan fingerprint density at radius 2 is 2.07 bits per heavy atom. The Bertz CT molecular complexity index is 323. The minimum Gasteiger partial charge on any atom is -0.312 e. The van der Waals surface area contributed by atoms with Crippen LogP contribution in [-0.4, -0.2) is 32.6 Å². The van der Waals surface area contributed by atoms with Gasteiger partial charge < -0.3 is 10.2 Å². The van der Waals surface area contributed by atoms with Gasteiger partial charge in [0.15, 0.2) is 0 Å². The van der Waals surface area contributed by atoms with E-state index < -0.39 is 0 Å². The van der Waals surface area contributed by atoms with Gasteiger partial charge in [-0.05, 0) is 45.3 Å². The van der Waals surface area contributed by atoms with Crippen molar-refractivity contribution >= 4 is 0 Å². The lowest BCUT2D eigenvalue weighted by Gasteiger charge is -2.21. The van der Waals surface area contributed by atoms with E-state index in [1.807, 2.05) is 33.3 Å². The smallest absolute Gasteiger partial charge is 0.126 e. The molecule has 0 saturated heterocycles. The summed E-state index contributed by atoms with van der Waals surface area (Å²) in [5.41, 5.74) is 1.83. The molecular weight excluding hydrogens is 191 g/mol. The van der Waals surface area contributed by atoms with E-state index in [4.69, 9.17) is 0 Å². The van der Waals surface area contributed by atoms with Crippen molar-refractivity contribution in [1.82, 2.24) is 10.2 Å². The van der Waals surface area contributed by atoms with Gasteiger partial charge in [-0.1, -0.05) is 12.1 Å². The zero-order valence-electron chi connectivity index (χ0n) is 9.84. The lowest BCUT2D eigenvalue weighted by Crippen LogP contribution is -2.28. The zero-order valence-corrected chi connectivity index (χ0v) is 9.84. The molecule has 0 spiro atoms. The maximum absolute atomic E-state index is 13.1. The number of nitrogens with zero attached hydrogens (tertiary/aromatic N) is 1. The summed E-state index contributed by atoms with van der Waals surface area (Å²) in [5, 5.41) is 3.23. The topological polar surface area (TPSA) is 15.3 Å². The average Bonchev–Trinajstić information content (AvgIpc) is 2.18. The SMILES string of the molecule is CNC(CN(C)C)c1ccc(F)c(C)c1. The zero-order chi connectivity index (χ0) is 11.4. The Kier molecular flexibility index (Phi) is 4.24. The third-order valence-electron chi connectivity index (χ3n) is 2.48. The molecule has 1 rings (SSSR count). The van der Waals surface area contributed by atoms with Crippen molar-refractivity contribution in [1.29, 1.82) is 0 Å². The van der Waals surface area contributed by atoms with Crippen molar-refractivity contribution in [3.8, 4) is 0 Å². The molecule has 0 bridgehead atoms. The second kappa shape index (κ2) is 5.24. The first-order chi connectivity index (χ1) is 7.04. The van der Waals surface area contributed by atoms with E-state index in [1.54, 1.807) is 6.92 Å². The number of nitrogens with one attached hydrogen (secondary N) is 1. The highest BCUT2D eigenvalue weighted by Crippen LogP contribution is 2.16. The third-order valence-corrected chi connectivity index (χ3v) is 2.48. The van der Waals surface area contributed by atoms with Gasteiger partial charge in [0.2, 0.25) is 0 Å². The van der Waals surface area contributed by atoms with Gasteiger partial charge in [-0.2, -0.15) is 0 Å². The molecule has 0 saturated carbocycles. The Hall–Kier alpha value is -0.930. The van der Waals surface area contributed by atoms with E-state index in [0.29, 0.717) is 5.56 Å². The van der Waals surface area contributed by atoms with Gasteiger partial charge in [0.05, 0.1) is 0 Å². The number of hydrogen-bond donors (Lipinski definition) is 1. The first-order valence-electron chi connectivity index (χ1n) is 5.12. The Labute approximate surface area is 91.1 Å². The summed E-state index contributed by atoms with van der Waals surface area (Å²) in [5.74, 6) is -0.140. The summed E-state index contributed by atoms with van der Waals surface area (Å²) in [6.07, 6.45) is 0. The minimum absolute atomic E-state index is 0.140. The van der Waals surface area contributed by atoms with Crippen LogP contribution in [0.4, 0.5) is 4.39 Å². The molecule has 1 aromatic carbocycles. The van der Waals surface area contributed by atoms with Crippen LogP contribution in [0.1, 0.15) is 17.2 Å². The second-order valence-corrected chi connectivity index (χ2v) is 4.11. The van der Waals surface area contributed by atoms with Crippen molar-refractivity contribution < 1.29 is 4.39 Å². The average molecular weight is 210 g/mol. The molecule has 0 aliphatic carbocycles. The van der Waals surface area contributed by atoms with E-state index in [9.17, 15) is 4.39 Å². The predicted octanol–water partition coefficient (Wildman–Crippen LogP) is 1.96. The maximum atomic E-state index is 13.1. The number of halogens is 1. The molecule has 0 fully saturated rings. The fraction of sp³-hybridized carbons (Fsp3) is 0.500. The van der Waals surface area contributed by atoms with E-state index in [1.165, 1.54) is 6.07 Å². The molecule has 84 valence electrons. The van der Waals surface area contributed by atoms with Gasteiger partial charge in [-0.15, -0.1) is 0 Å². The summed E-state index contributed by atoms with van der Waals surface area (Å²) in [6.45, 7) is 2.70. The second-order valence-electron chi connectivity index (χ2n) is 4.11. The molecule has 0 heterocycles. The molecule has 3 heteroatoms. The maximum Gasteiger partial charge on any atom is 0.126 e. The van der Waals surface area contributed by atoms with Gasteiger partial charge in [-0.25, -0.2) is 4.39 Å². The molecule has 1 N–H and O–H groups in total. The van der Waals surface area contributed by atoms with Crippen molar-refractivity contribution in [3.05, 3.63) is 35.1 Å². The number of aryl methyl sites for hydroxylation is 1. The normalized spacial score (nSPS) is 13.2. The molecule has 1 aromatic rings. The van der Waals surface area contributed by atoms with Gasteiger partial charge in [0.25, 0.3) is 0 Å². The van der Waals surface area contributed by atoms with E-state index in [0.717, 1.165) is 12.1 Å². The molecule has 2 nitrogen and oxygen atoms in total. The van der Waals surface area contributed by atoms with Crippen LogP contribution in [0.5, 0.6) is 0 Å². The summed E-state index contributed by atoms with van der Waals surface area (Å²) in [4.78, 5) is 2.11. The molecule has 0 aromatic heterocycles. The largest absolute Gasteiger partial charge is 0.312 e. The summed E-state index contributed by atoms with van der Waals surface area (Å²) >= 11 is 0. The van der Waals surface area contributed by atoms with E-state index in [2.05, 4.69) is 10.2 Å². The number of likely N-dealkylation sites (N-methyl/N-ethyl adjacent to an activating group) is 2. The van der Waals surface area contributed by atoms with Crippen LogP contribution in [0.25, 0.3) is 0 Å². The van der Waals surface area contributed by atoms with Gasteiger partial charge >= 0.3 is 0 Å². The first kappa shape index (κ1) is 12.1. The Balaban J connectivity index is 2.87. The molecule has 1 atom stereocenters. The van der Waals surface area contributed by atoms with E-state index >= 15 is 0 Å². The molecule has 0 aliphatic rings. The van der Waals surface area contributed by atoms with Crippen molar-refractivity contribution in [2.24, 2.45) is 0 Å². The first-order valence-corrected chi connectivity index (χ1v) is 5.12. The van der Waals surface area contributed by atoms with Crippen LogP contribution in [0.2, 0.25) is 0 Å². The predicted molar refractivity (Wildman–Crippen MR) is 61.5 cm³/mol. The highest BCUT2D eigenvalue weighted by molar-refractivity contribution is 5.26. The Morgan fingerprint density at radius 1 is 1.40 bits per heavy atom. The van der Waals surface area contributed by atoms with Gasteiger partial charge in [0, 0.05) is 12.6 Å². The fourth-order valence-corrected chi connectivity index (χ4v) is 1.61. The highest BCUT2D eigenvalue weighted by Gasteiger charge is 2.11. The fourth-order valence-electron chi connectivity index (χ4n) is 1.61. The van der Waals surface area contributed by atoms with Crippen LogP contribution < -0.4 is 5.32 Å². The molecular formula is C12H19FN2. The van der Waals surface area contributed by atoms with Crippen LogP contribution >= 0.6 is 0 Å². The number of hydrogen-bond acceptors (Lipinski definition) is 2. The van der Waals surface area contributed by atoms with Crippen LogP contribution in [0, 0.1) is 12.7 Å². The molecule has 1 unspecified atom stereocenters. The van der Waals surface area contributed by atoms with Crippen LogP contribution in [0.15, 0.2) is 18.2 Å². The van der Waals surface area contributed by atoms with Crippen molar-refractivity contribution in [2.75, 3.05) is 27.7 Å². The number of rotatable bonds is 4. The molecule has 0 radical (unpaired) electrons. The molecule has 15 heavy (non-hydrogen) atoms. The van der Waals surface area contributed by atoms with Gasteiger partial charge in [-0.3, -0.25) is 0 Å². The quantitative estimate of drug-likeness (QED) is 0.817. The van der Waals surface area contributed by atoms with Crippen molar-refractivity contribution in [2.45, 2.75) is 13.0 Å². The lowest BCUT2D eigenvalue weighted by molar-refractivity contribution is 0.352. The molecule has 0 amide bonds. The van der Waals surface area contributed by atoms with Crippen LogP contribution in [0.3, 0.4) is 0 Å². The minimum atomic E-state index is -0.140. The Morgan fingerprint density at radius 3 is 2.53 bits per heavy atom. The number of benzene rings is 1.